The minimum absolute atomic E-state index is 0.892. The monoisotopic (exact) mass is 320 g/mol. The van der Waals surface area contributed by atoms with Gasteiger partial charge < -0.3 is 9.72 Å². The Hall–Kier alpha value is -2.36. The molecule has 0 aromatic carbocycles. The first kappa shape index (κ1) is 15.2. The number of hydrogen-bond donors (Lipinski definition) is 1. The largest absolute Gasteiger partial charge is 0.382 e. The summed E-state index contributed by atoms with van der Waals surface area (Å²) in [5.74, 6) is 0.892. The van der Waals surface area contributed by atoms with Crippen LogP contribution < -0.4 is 5.32 Å². The predicted octanol–water partition coefficient (Wildman–Crippen LogP) is 4.78. The number of imidazole rings is 1. The molecule has 0 bridgehead atoms. The maximum Gasteiger partial charge on any atom is 0.160 e. The van der Waals surface area contributed by atoms with Gasteiger partial charge in [-0.1, -0.05) is 38.2 Å². The van der Waals surface area contributed by atoms with E-state index in [1.54, 1.807) is 0 Å². The van der Waals surface area contributed by atoms with Crippen molar-refractivity contribution in [2.24, 2.45) is 5.92 Å². The maximum absolute atomic E-state index is 4.50. The summed E-state index contributed by atoms with van der Waals surface area (Å²) in [5.41, 5.74) is 4.39. The predicted molar refractivity (Wildman–Crippen MR) is 98.1 cm³/mol. The van der Waals surface area contributed by atoms with E-state index >= 15 is 0 Å². The van der Waals surface area contributed by atoms with E-state index in [0.717, 1.165) is 34.9 Å². The van der Waals surface area contributed by atoms with Crippen LogP contribution in [0.2, 0.25) is 0 Å². The molecule has 4 heteroatoms. The summed E-state index contributed by atoms with van der Waals surface area (Å²) >= 11 is 0. The van der Waals surface area contributed by atoms with Crippen molar-refractivity contribution >= 4 is 11.3 Å². The zero-order valence-corrected chi connectivity index (χ0v) is 14.0. The summed E-state index contributed by atoms with van der Waals surface area (Å²) < 4.78 is 2.09. The van der Waals surface area contributed by atoms with E-state index < -0.39 is 0 Å². The van der Waals surface area contributed by atoms with E-state index in [1.807, 2.05) is 30.9 Å². The van der Waals surface area contributed by atoms with E-state index in [0.29, 0.717) is 0 Å². The molecule has 1 fully saturated rings. The Morgan fingerprint density at radius 3 is 2.88 bits per heavy atom. The normalized spacial score (nSPS) is 15.7. The summed E-state index contributed by atoms with van der Waals surface area (Å²) in [6.45, 7) is 1.02. The van der Waals surface area contributed by atoms with Crippen molar-refractivity contribution in [2.75, 3.05) is 11.9 Å². The number of fused-ring (bicyclic) bond motifs is 1. The fraction of sp³-hybridized carbons (Fsp3) is 0.400. The highest BCUT2D eigenvalue weighted by molar-refractivity contribution is 5.76. The topological polar surface area (TPSA) is 42.2 Å². The van der Waals surface area contributed by atoms with Crippen LogP contribution in [0.15, 0.2) is 49.2 Å². The molecule has 1 N–H and O–H groups in total. The quantitative estimate of drug-likeness (QED) is 0.735. The average molecular weight is 320 g/mol. The van der Waals surface area contributed by atoms with Crippen LogP contribution in [0.5, 0.6) is 0 Å². The Balaban J connectivity index is 1.54. The summed E-state index contributed by atoms with van der Waals surface area (Å²) in [6.07, 6.45) is 18.0. The molecule has 0 aliphatic heterocycles. The molecule has 4 rings (SSSR count). The van der Waals surface area contributed by atoms with Crippen LogP contribution in [-0.2, 0) is 0 Å². The molecule has 124 valence electrons. The molecule has 1 aliphatic rings. The van der Waals surface area contributed by atoms with Crippen molar-refractivity contribution in [3.05, 3.63) is 49.2 Å². The molecule has 0 radical (unpaired) electrons. The average Bonchev–Trinajstić information content (AvgIpc) is 3.12. The lowest BCUT2D eigenvalue weighted by Crippen LogP contribution is -2.12. The molecule has 1 saturated carbocycles. The zero-order chi connectivity index (χ0) is 16.2. The van der Waals surface area contributed by atoms with Crippen molar-refractivity contribution in [3.8, 4) is 11.1 Å². The van der Waals surface area contributed by atoms with Gasteiger partial charge in [-0.05, 0) is 24.5 Å². The van der Waals surface area contributed by atoms with E-state index in [1.165, 1.54) is 38.5 Å². The Labute approximate surface area is 143 Å². The molecular weight excluding hydrogens is 296 g/mol. The van der Waals surface area contributed by atoms with Gasteiger partial charge in [0.05, 0.1) is 5.69 Å². The van der Waals surface area contributed by atoms with Gasteiger partial charge in [0.2, 0.25) is 0 Å². The fourth-order valence-corrected chi connectivity index (χ4v) is 3.74. The number of rotatable bonds is 5. The Kier molecular flexibility index (Phi) is 4.45. The van der Waals surface area contributed by atoms with Gasteiger partial charge in [0.1, 0.15) is 0 Å². The Morgan fingerprint density at radius 2 is 2.04 bits per heavy atom. The molecule has 3 aromatic rings. The van der Waals surface area contributed by atoms with Gasteiger partial charge in [-0.3, -0.25) is 4.98 Å². The molecule has 0 unspecified atom stereocenters. The van der Waals surface area contributed by atoms with Crippen molar-refractivity contribution in [1.29, 1.82) is 0 Å². The number of anilines is 1. The second-order valence-corrected chi connectivity index (χ2v) is 6.76. The first-order valence-electron chi connectivity index (χ1n) is 9.01. The van der Waals surface area contributed by atoms with Crippen molar-refractivity contribution in [2.45, 2.75) is 38.5 Å². The van der Waals surface area contributed by atoms with Crippen molar-refractivity contribution < 1.29 is 0 Å². The van der Waals surface area contributed by atoms with Crippen molar-refractivity contribution in [3.63, 3.8) is 0 Å². The van der Waals surface area contributed by atoms with Crippen LogP contribution in [0, 0.1) is 5.92 Å². The van der Waals surface area contributed by atoms with E-state index in [2.05, 4.69) is 38.0 Å². The third kappa shape index (κ3) is 3.28. The SMILES string of the molecule is c1cncc(-c2cc(NCCC3CCCCC3)c3nccn3c2)c1. The van der Waals surface area contributed by atoms with E-state index in [9.17, 15) is 0 Å². The number of pyridine rings is 2. The molecule has 24 heavy (non-hydrogen) atoms. The molecule has 3 heterocycles. The molecule has 1 aliphatic carbocycles. The second-order valence-electron chi connectivity index (χ2n) is 6.76. The fourth-order valence-electron chi connectivity index (χ4n) is 3.74. The van der Waals surface area contributed by atoms with Gasteiger partial charge in [0.15, 0.2) is 5.65 Å². The molecule has 3 aromatic heterocycles. The van der Waals surface area contributed by atoms with Gasteiger partial charge in [0.25, 0.3) is 0 Å². The highest BCUT2D eigenvalue weighted by Crippen LogP contribution is 2.28. The molecule has 4 nitrogen and oxygen atoms in total. The van der Waals surface area contributed by atoms with Crippen LogP contribution in [0.25, 0.3) is 16.8 Å². The third-order valence-corrected chi connectivity index (χ3v) is 5.08. The molecule has 0 saturated heterocycles. The zero-order valence-electron chi connectivity index (χ0n) is 14.0. The standard InChI is InChI=1S/C20H24N4/c1-2-5-16(6-3-1)8-10-22-19-13-18(17-7-4-9-21-14-17)15-24-12-11-23-20(19)24/h4,7,9,11-16,22H,1-3,5-6,8,10H2. The van der Waals surface area contributed by atoms with Crippen molar-refractivity contribution in [1.82, 2.24) is 14.4 Å². The lowest BCUT2D eigenvalue weighted by atomic mass is 9.87. The second kappa shape index (κ2) is 7.04. The van der Waals surface area contributed by atoms with Crippen LogP contribution in [0.4, 0.5) is 5.69 Å². The number of nitrogens with zero attached hydrogens (tertiary/aromatic N) is 3. The first-order valence-corrected chi connectivity index (χ1v) is 9.01. The lowest BCUT2D eigenvalue weighted by molar-refractivity contribution is 0.345. The van der Waals surface area contributed by atoms with Gasteiger partial charge >= 0.3 is 0 Å². The van der Waals surface area contributed by atoms with Gasteiger partial charge in [-0.2, -0.15) is 0 Å². The summed E-state index contributed by atoms with van der Waals surface area (Å²) in [7, 11) is 0. The minimum atomic E-state index is 0.892. The highest BCUT2D eigenvalue weighted by atomic mass is 15.0. The molecule has 0 atom stereocenters. The smallest absolute Gasteiger partial charge is 0.160 e. The number of aromatic nitrogens is 3. The molecule has 0 spiro atoms. The van der Waals surface area contributed by atoms with Gasteiger partial charge in [-0.25, -0.2) is 4.98 Å². The first-order chi connectivity index (χ1) is 11.9. The maximum atomic E-state index is 4.50. The van der Waals surface area contributed by atoms with Crippen LogP contribution in [0.3, 0.4) is 0 Å². The van der Waals surface area contributed by atoms with E-state index in [-0.39, 0.29) is 0 Å². The van der Waals surface area contributed by atoms with Crippen LogP contribution in [0.1, 0.15) is 38.5 Å². The minimum Gasteiger partial charge on any atom is -0.382 e. The van der Waals surface area contributed by atoms with Crippen LogP contribution in [-0.4, -0.2) is 20.9 Å². The van der Waals surface area contributed by atoms with E-state index in [4.69, 9.17) is 0 Å². The summed E-state index contributed by atoms with van der Waals surface area (Å²) in [4.78, 5) is 8.74. The summed E-state index contributed by atoms with van der Waals surface area (Å²) in [6, 6.07) is 6.26. The lowest BCUT2D eigenvalue weighted by Gasteiger charge is -2.21. The Bertz CT molecular complexity index is 788. The van der Waals surface area contributed by atoms with Gasteiger partial charge in [-0.15, -0.1) is 0 Å². The molecular formula is C20H24N4. The third-order valence-electron chi connectivity index (χ3n) is 5.08. The Morgan fingerprint density at radius 1 is 1.12 bits per heavy atom. The highest BCUT2D eigenvalue weighted by Gasteiger charge is 2.13. The van der Waals surface area contributed by atoms with Gasteiger partial charge in [0, 0.05) is 48.7 Å². The molecule has 0 amide bonds. The number of hydrogen-bond acceptors (Lipinski definition) is 3. The summed E-state index contributed by atoms with van der Waals surface area (Å²) in [5, 5.41) is 3.63. The number of nitrogens with one attached hydrogen (secondary N) is 1. The van der Waals surface area contributed by atoms with Crippen LogP contribution >= 0.6 is 0 Å².